The monoisotopic (exact) mass is 251 g/mol. The van der Waals surface area contributed by atoms with Gasteiger partial charge in [-0.25, -0.2) is 9.78 Å². The van der Waals surface area contributed by atoms with Crippen molar-refractivity contribution in [2.45, 2.75) is 46.0 Å². The van der Waals surface area contributed by atoms with Crippen molar-refractivity contribution in [1.82, 2.24) is 14.8 Å². The van der Waals surface area contributed by atoms with Crippen LogP contribution in [0.4, 0.5) is 0 Å². The van der Waals surface area contributed by atoms with Crippen LogP contribution in [0, 0.1) is 5.41 Å². The Kier molecular flexibility index (Phi) is 3.41. The lowest BCUT2D eigenvalue weighted by Gasteiger charge is -2.25. The van der Waals surface area contributed by atoms with E-state index in [9.17, 15) is 4.79 Å². The summed E-state index contributed by atoms with van der Waals surface area (Å²) in [4.78, 5) is 16.0. The van der Waals surface area contributed by atoms with E-state index in [4.69, 9.17) is 4.74 Å². The van der Waals surface area contributed by atoms with Gasteiger partial charge in [0.15, 0.2) is 0 Å². The summed E-state index contributed by atoms with van der Waals surface area (Å²) in [5, 5.41) is 4.17. The number of esters is 1. The molecule has 0 aromatic carbocycles. The minimum atomic E-state index is -0.435. The largest absolute Gasteiger partial charge is 0.460 e. The third kappa shape index (κ3) is 2.26. The highest BCUT2D eigenvalue weighted by molar-refractivity contribution is 5.85. The van der Waals surface area contributed by atoms with Crippen molar-refractivity contribution in [3.8, 4) is 0 Å². The molecule has 1 unspecified atom stereocenters. The molecule has 100 valence electrons. The van der Waals surface area contributed by atoms with Crippen molar-refractivity contribution in [2.24, 2.45) is 12.5 Å². The Morgan fingerprint density at radius 2 is 2.28 bits per heavy atom. The first kappa shape index (κ1) is 13.1. The van der Waals surface area contributed by atoms with Crippen LogP contribution in [-0.4, -0.2) is 27.3 Å². The van der Waals surface area contributed by atoms with E-state index >= 15 is 0 Å². The zero-order valence-electron chi connectivity index (χ0n) is 11.6. The highest BCUT2D eigenvalue weighted by Crippen LogP contribution is 2.47. The zero-order chi connectivity index (χ0) is 13.3. The van der Waals surface area contributed by atoms with Crippen LogP contribution in [-0.2, 0) is 11.8 Å². The van der Waals surface area contributed by atoms with E-state index in [1.54, 1.807) is 11.6 Å². The summed E-state index contributed by atoms with van der Waals surface area (Å²) in [6.07, 6.45) is 3.51. The molecule has 18 heavy (non-hydrogen) atoms. The van der Waals surface area contributed by atoms with Crippen LogP contribution in [0.25, 0.3) is 0 Å². The normalized spacial score (nSPS) is 22.1. The number of hydrogen-bond acceptors (Lipinski definition) is 4. The van der Waals surface area contributed by atoms with Gasteiger partial charge < -0.3 is 4.74 Å². The second kappa shape index (κ2) is 4.71. The van der Waals surface area contributed by atoms with Gasteiger partial charge in [-0.15, -0.1) is 5.10 Å². The van der Waals surface area contributed by atoms with E-state index in [1.165, 1.54) is 12.8 Å². The number of aryl methyl sites for hydroxylation is 1. The van der Waals surface area contributed by atoms with E-state index < -0.39 is 5.97 Å². The van der Waals surface area contributed by atoms with E-state index in [2.05, 4.69) is 23.9 Å². The minimum Gasteiger partial charge on any atom is -0.460 e. The zero-order valence-corrected chi connectivity index (χ0v) is 11.6. The first-order valence-corrected chi connectivity index (χ1v) is 6.53. The van der Waals surface area contributed by atoms with Crippen LogP contribution in [0.3, 0.4) is 0 Å². The molecule has 0 bridgehead atoms. The van der Waals surface area contributed by atoms with Gasteiger partial charge in [-0.2, -0.15) is 0 Å². The molecule has 1 atom stereocenters. The lowest BCUT2D eigenvalue weighted by Crippen LogP contribution is -2.19. The number of rotatable bonds is 3. The van der Waals surface area contributed by atoms with Crippen molar-refractivity contribution < 1.29 is 9.53 Å². The average Bonchev–Trinajstić information content (AvgIpc) is 2.81. The van der Waals surface area contributed by atoms with Gasteiger partial charge in [0.1, 0.15) is 5.82 Å². The van der Waals surface area contributed by atoms with Crippen LogP contribution in [0.5, 0.6) is 0 Å². The topological polar surface area (TPSA) is 57.0 Å². The van der Waals surface area contributed by atoms with E-state index in [-0.39, 0.29) is 11.2 Å². The molecule has 1 aliphatic carbocycles. The SMILES string of the molecule is CCOC(=O)c1nc(C2CCCC2(C)C)n(C)n1. The molecule has 0 saturated heterocycles. The maximum Gasteiger partial charge on any atom is 0.378 e. The van der Waals surface area contributed by atoms with E-state index in [0.29, 0.717) is 12.5 Å². The second-order valence-electron chi connectivity index (χ2n) is 5.57. The van der Waals surface area contributed by atoms with Gasteiger partial charge in [0.25, 0.3) is 5.82 Å². The number of hydrogen-bond donors (Lipinski definition) is 0. The summed E-state index contributed by atoms with van der Waals surface area (Å²) < 4.78 is 6.66. The van der Waals surface area contributed by atoms with Crippen LogP contribution in [0.1, 0.15) is 62.4 Å². The molecule has 2 rings (SSSR count). The highest BCUT2D eigenvalue weighted by Gasteiger charge is 2.38. The third-order valence-electron chi connectivity index (χ3n) is 3.82. The summed E-state index contributed by atoms with van der Waals surface area (Å²) in [6.45, 7) is 6.63. The number of carbonyl (C=O) groups is 1. The minimum absolute atomic E-state index is 0.178. The van der Waals surface area contributed by atoms with Gasteiger partial charge in [-0.1, -0.05) is 20.3 Å². The maximum absolute atomic E-state index is 11.6. The van der Waals surface area contributed by atoms with Crippen molar-refractivity contribution in [3.05, 3.63) is 11.6 Å². The first-order valence-electron chi connectivity index (χ1n) is 6.53. The molecule has 5 heteroatoms. The smallest absolute Gasteiger partial charge is 0.378 e. The van der Waals surface area contributed by atoms with Gasteiger partial charge in [0, 0.05) is 13.0 Å². The lowest BCUT2D eigenvalue weighted by molar-refractivity contribution is 0.0511. The molecule has 1 saturated carbocycles. The number of carbonyl (C=O) groups excluding carboxylic acids is 1. The van der Waals surface area contributed by atoms with E-state index in [0.717, 1.165) is 12.2 Å². The van der Waals surface area contributed by atoms with Gasteiger partial charge in [0.2, 0.25) is 0 Å². The molecule has 0 radical (unpaired) electrons. The molecule has 0 N–H and O–H groups in total. The quantitative estimate of drug-likeness (QED) is 0.773. The predicted molar refractivity (Wildman–Crippen MR) is 67.3 cm³/mol. The Hall–Kier alpha value is -1.39. The fraction of sp³-hybridized carbons (Fsp3) is 0.769. The fourth-order valence-corrected chi connectivity index (χ4v) is 2.79. The van der Waals surface area contributed by atoms with Crippen LogP contribution in [0.15, 0.2) is 0 Å². The lowest BCUT2D eigenvalue weighted by atomic mass is 9.81. The number of nitrogens with zero attached hydrogens (tertiary/aromatic N) is 3. The third-order valence-corrected chi connectivity index (χ3v) is 3.82. The van der Waals surface area contributed by atoms with E-state index in [1.807, 2.05) is 7.05 Å². The molecular formula is C13H21N3O2. The van der Waals surface area contributed by atoms with Gasteiger partial charge in [0.05, 0.1) is 6.61 Å². The number of ether oxygens (including phenoxy) is 1. The maximum atomic E-state index is 11.6. The van der Waals surface area contributed by atoms with Crippen LogP contribution >= 0.6 is 0 Å². The molecule has 0 aliphatic heterocycles. The van der Waals surface area contributed by atoms with Gasteiger partial charge in [-0.05, 0) is 25.2 Å². The summed E-state index contributed by atoms with van der Waals surface area (Å²) in [7, 11) is 1.85. The van der Waals surface area contributed by atoms with Gasteiger partial charge >= 0.3 is 5.97 Å². The van der Waals surface area contributed by atoms with Crippen LogP contribution in [0.2, 0.25) is 0 Å². The Morgan fingerprint density at radius 1 is 1.56 bits per heavy atom. The molecule has 1 fully saturated rings. The summed E-state index contributed by atoms with van der Waals surface area (Å²) in [6, 6.07) is 0. The van der Waals surface area contributed by atoms with Crippen molar-refractivity contribution in [2.75, 3.05) is 6.61 Å². The Bertz CT molecular complexity index is 451. The fourth-order valence-electron chi connectivity index (χ4n) is 2.79. The molecule has 0 spiro atoms. The molecule has 1 heterocycles. The molecule has 0 amide bonds. The second-order valence-corrected chi connectivity index (χ2v) is 5.57. The molecule has 5 nitrogen and oxygen atoms in total. The molecule has 1 aromatic heterocycles. The summed E-state index contributed by atoms with van der Waals surface area (Å²) in [5.74, 6) is 1.02. The van der Waals surface area contributed by atoms with Crippen molar-refractivity contribution in [3.63, 3.8) is 0 Å². The van der Waals surface area contributed by atoms with Crippen LogP contribution < -0.4 is 0 Å². The average molecular weight is 251 g/mol. The Balaban J connectivity index is 2.27. The number of aromatic nitrogens is 3. The summed E-state index contributed by atoms with van der Waals surface area (Å²) in [5.41, 5.74) is 0.229. The van der Waals surface area contributed by atoms with Crippen molar-refractivity contribution >= 4 is 5.97 Å². The predicted octanol–water partition coefficient (Wildman–Crippen LogP) is 2.29. The molecule has 1 aromatic rings. The molecule has 1 aliphatic rings. The standard InChI is InChI=1S/C13H21N3O2/c1-5-18-12(17)10-14-11(16(4)15-10)9-7-6-8-13(9,2)3/h9H,5-8H2,1-4H3. The highest BCUT2D eigenvalue weighted by atomic mass is 16.5. The van der Waals surface area contributed by atoms with Crippen molar-refractivity contribution in [1.29, 1.82) is 0 Å². The molecular weight excluding hydrogens is 230 g/mol. The van der Waals surface area contributed by atoms with Gasteiger partial charge in [-0.3, -0.25) is 4.68 Å². The Morgan fingerprint density at radius 3 is 2.83 bits per heavy atom. The Labute approximate surface area is 108 Å². The first-order chi connectivity index (χ1) is 8.45. The summed E-state index contributed by atoms with van der Waals surface area (Å²) >= 11 is 0.